The SMILES string of the molecule is COc1cc([N+](=O)[O-])ccc1NC(=O)COC(=O)c1ccc(-c2cccc(C(F)(F)F)c2)o1. The van der Waals surface area contributed by atoms with Gasteiger partial charge in [0.2, 0.25) is 5.76 Å². The fraction of sp³-hybridized carbons (Fsp3) is 0.143. The van der Waals surface area contributed by atoms with Crippen LogP contribution in [0.25, 0.3) is 11.3 Å². The molecule has 1 N–H and O–H groups in total. The van der Waals surface area contributed by atoms with Crippen LogP contribution in [0.2, 0.25) is 0 Å². The molecule has 0 radical (unpaired) electrons. The quantitative estimate of drug-likeness (QED) is 0.306. The van der Waals surface area contributed by atoms with Gasteiger partial charge in [0, 0.05) is 11.6 Å². The molecule has 0 saturated heterocycles. The van der Waals surface area contributed by atoms with Gasteiger partial charge < -0.3 is 19.2 Å². The van der Waals surface area contributed by atoms with Crippen LogP contribution in [0, 0.1) is 10.1 Å². The van der Waals surface area contributed by atoms with Gasteiger partial charge in [-0.15, -0.1) is 0 Å². The van der Waals surface area contributed by atoms with E-state index in [1.54, 1.807) is 0 Å². The summed E-state index contributed by atoms with van der Waals surface area (Å²) in [5.41, 5.74) is -0.898. The van der Waals surface area contributed by atoms with Crippen LogP contribution in [0.3, 0.4) is 0 Å². The third-order valence-corrected chi connectivity index (χ3v) is 4.29. The van der Waals surface area contributed by atoms with E-state index in [9.17, 15) is 32.9 Å². The molecule has 9 nitrogen and oxygen atoms in total. The Hall–Kier alpha value is -4.35. The number of methoxy groups -OCH3 is 1. The summed E-state index contributed by atoms with van der Waals surface area (Å²) in [4.78, 5) is 34.4. The highest BCUT2D eigenvalue weighted by Gasteiger charge is 2.30. The molecule has 0 aliphatic rings. The number of ether oxygens (including phenoxy) is 2. The van der Waals surface area contributed by atoms with Gasteiger partial charge >= 0.3 is 12.1 Å². The van der Waals surface area contributed by atoms with E-state index >= 15 is 0 Å². The molecule has 172 valence electrons. The first-order valence-corrected chi connectivity index (χ1v) is 9.15. The molecular formula is C21H15F3N2O7. The zero-order valence-electron chi connectivity index (χ0n) is 16.8. The van der Waals surface area contributed by atoms with E-state index in [0.29, 0.717) is 0 Å². The van der Waals surface area contributed by atoms with E-state index in [-0.39, 0.29) is 34.2 Å². The number of hydrogen-bond acceptors (Lipinski definition) is 7. The summed E-state index contributed by atoms with van der Waals surface area (Å²) in [6.45, 7) is -0.724. The fourth-order valence-corrected chi connectivity index (χ4v) is 2.74. The van der Waals surface area contributed by atoms with Gasteiger partial charge in [-0.25, -0.2) is 4.79 Å². The number of nitrogens with one attached hydrogen (secondary N) is 1. The molecule has 1 aromatic heterocycles. The maximum absolute atomic E-state index is 12.9. The van der Waals surface area contributed by atoms with E-state index in [0.717, 1.165) is 24.3 Å². The van der Waals surface area contributed by atoms with Crippen LogP contribution >= 0.6 is 0 Å². The Morgan fingerprint density at radius 2 is 1.88 bits per heavy atom. The molecule has 0 atom stereocenters. The van der Waals surface area contributed by atoms with Crippen molar-refractivity contribution in [2.24, 2.45) is 0 Å². The maximum Gasteiger partial charge on any atom is 0.416 e. The minimum atomic E-state index is -4.54. The third kappa shape index (κ3) is 5.67. The average Bonchev–Trinajstić information content (AvgIpc) is 3.27. The molecule has 1 heterocycles. The molecular weight excluding hydrogens is 449 g/mol. The monoisotopic (exact) mass is 464 g/mol. The smallest absolute Gasteiger partial charge is 0.416 e. The van der Waals surface area contributed by atoms with Crippen molar-refractivity contribution < 1.29 is 41.6 Å². The molecule has 12 heteroatoms. The predicted octanol–water partition coefficient (Wildman–Crippen LogP) is 4.68. The van der Waals surface area contributed by atoms with Crippen molar-refractivity contribution in [1.29, 1.82) is 0 Å². The molecule has 2 aromatic carbocycles. The summed E-state index contributed by atoms with van der Waals surface area (Å²) in [6, 6.07) is 10.4. The number of non-ortho nitro benzene ring substituents is 1. The number of carbonyl (C=O) groups is 2. The normalized spacial score (nSPS) is 11.0. The first-order valence-electron chi connectivity index (χ1n) is 9.15. The van der Waals surface area contributed by atoms with Crippen LogP contribution in [0.1, 0.15) is 16.1 Å². The van der Waals surface area contributed by atoms with Crippen molar-refractivity contribution in [1.82, 2.24) is 0 Å². The van der Waals surface area contributed by atoms with Gasteiger partial charge in [-0.3, -0.25) is 14.9 Å². The molecule has 3 aromatic rings. The number of furan rings is 1. The number of hydrogen-bond donors (Lipinski definition) is 1. The molecule has 1 amide bonds. The Balaban J connectivity index is 1.63. The molecule has 0 bridgehead atoms. The first-order chi connectivity index (χ1) is 15.6. The van der Waals surface area contributed by atoms with Crippen molar-refractivity contribution >= 4 is 23.3 Å². The standard InChI is InChI=1S/C21H15F3N2O7/c1-31-18-10-14(26(29)30)5-6-15(18)25-19(27)11-32-20(28)17-8-7-16(33-17)12-3-2-4-13(9-12)21(22,23)24/h2-10H,11H2,1H3,(H,25,27). The molecule has 33 heavy (non-hydrogen) atoms. The zero-order valence-corrected chi connectivity index (χ0v) is 16.8. The third-order valence-electron chi connectivity index (χ3n) is 4.29. The summed E-state index contributed by atoms with van der Waals surface area (Å²) < 4.78 is 53.7. The van der Waals surface area contributed by atoms with Crippen LogP contribution in [0.15, 0.2) is 59.0 Å². The largest absolute Gasteiger partial charge is 0.494 e. The van der Waals surface area contributed by atoms with Crippen LogP contribution in [0.5, 0.6) is 5.75 Å². The summed E-state index contributed by atoms with van der Waals surface area (Å²) >= 11 is 0. The van der Waals surface area contributed by atoms with E-state index in [4.69, 9.17) is 13.9 Å². The van der Waals surface area contributed by atoms with Crippen molar-refractivity contribution in [3.63, 3.8) is 0 Å². The molecule has 0 aliphatic heterocycles. The van der Waals surface area contributed by atoms with Gasteiger partial charge in [0.15, 0.2) is 6.61 Å². The lowest BCUT2D eigenvalue weighted by Gasteiger charge is -2.10. The Morgan fingerprint density at radius 1 is 1.12 bits per heavy atom. The van der Waals surface area contributed by atoms with Gasteiger partial charge in [0.05, 0.1) is 29.4 Å². The minimum Gasteiger partial charge on any atom is -0.494 e. The summed E-state index contributed by atoms with van der Waals surface area (Å²) in [7, 11) is 1.26. The number of anilines is 1. The zero-order chi connectivity index (χ0) is 24.2. The van der Waals surface area contributed by atoms with Crippen LogP contribution in [0.4, 0.5) is 24.5 Å². The average molecular weight is 464 g/mol. The van der Waals surface area contributed by atoms with E-state index in [1.807, 2.05) is 0 Å². The van der Waals surface area contributed by atoms with Gasteiger partial charge in [0.25, 0.3) is 11.6 Å². The molecule has 0 aliphatic carbocycles. The lowest BCUT2D eigenvalue weighted by molar-refractivity contribution is -0.384. The highest BCUT2D eigenvalue weighted by atomic mass is 19.4. The van der Waals surface area contributed by atoms with Gasteiger partial charge in [-0.05, 0) is 30.3 Å². The number of alkyl halides is 3. The Bertz CT molecular complexity index is 1200. The van der Waals surface area contributed by atoms with E-state index in [1.165, 1.54) is 37.4 Å². The van der Waals surface area contributed by atoms with Crippen LogP contribution in [-0.2, 0) is 15.7 Å². The number of halogens is 3. The van der Waals surface area contributed by atoms with E-state index in [2.05, 4.69) is 5.32 Å². The topological polar surface area (TPSA) is 121 Å². The number of amides is 1. The Labute approximate surface area is 183 Å². The Morgan fingerprint density at radius 3 is 2.55 bits per heavy atom. The number of nitro benzene ring substituents is 1. The van der Waals surface area contributed by atoms with E-state index < -0.39 is 35.1 Å². The number of esters is 1. The summed E-state index contributed by atoms with van der Waals surface area (Å²) in [5.74, 6) is -2.06. The van der Waals surface area contributed by atoms with Gasteiger partial charge in [-0.1, -0.05) is 12.1 Å². The van der Waals surface area contributed by atoms with Crippen LogP contribution in [-0.4, -0.2) is 30.5 Å². The van der Waals surface area contributed by atoms with Gasteiger partial charge in [0.1, 0.15) is 11.5 Å². The number of rotatable bonds is 7. The number of benzene rings is 2. The summed E-state index contributed by atoms with van der Waals surface area (Å²) in [6.07, 6.45) is -4.54. The highest BCUT2D eigenvalue weighted by Crippen LogP contribution is 2.33. The summed E-state index contributed by atoms with van der Waals surface area (Å²) in [5, 5.41) is 13.2. The fourth-order valence-electron chi connectivity index (χ4n) is 2.74. The second-order valence-corrected chi connectivity index (χ2v) is 6.51. The van der Waals surface area contributed by atoms with Crippen molar-refractivity contribution in [2.75, 3.05) is 19.0 Å². The minimum absolute atomic E-state index is 0.00752. The lowest BCUT2D eigenvalue weighted by atomic mass is 10.1. The second-order valence-electron chi connectivity index (χ2n) is 6.51. The lowest BCUT2D eigenvalue weighted by Crippen LogP contribution is -2.21. The number of nitro groups is 1. The predicted molar refractivity (Wildman–Crippen MR) is 108 cm³/mol. The highest BCUT2D eigenvalue weighted by molar-refractivity contribution is 5.96. The maximum atomic E-state index is 12.9. The molecule has 0 saturated carbocycles. The molecule has 0 fully saturated rings. The van der Waals surface area contributed by atoms with Crippen molar-refractivity contribution in [3.8, 4) is 17.1 Å². The number of carbonyl (C=O) groups excluding carboxylic acids is 2. The first kappa shape index (κ1) is 23.3. The van der Waals surface area contributed by atoms with Crippen molar-refractivity contribution in [3.05, 3.63) is 76.0 Å². The van der Waals surface area contributed by atoms with Crippen molar-refractivity contribution in [2.45, 2.75) is 6.18 Å². The molecule has 0 spiro atoms. The second kappa shape index (κ2) is 9.42. The van der Waals surface area contributed by atoms with Gasteiger partial charge in [-0.2, -0.15) is 13.2 Å². The Kier molecular flexibility index (Phi) is 6.66. The van der Waals surface area contributed by atoms with Crippen LogP contribution < -0.4 is 10.1 Å². The number of nitrogens with zero attached hydrogens (tertiary/aromatic N) is 1. The molecule has 0 unspecified atom stereocenters. The molecule has 3 rings (SSSR count).